The Kier molecular flexibility index (Phi) is 4.93. The normalized spacial score (nSPS) is 22.3. The number of carbonyl (C=O) groups is 1. The number of carbonyl (C=O) groups excluding carboxylic acids is 1. The topological polar surface area (TPSA) is 38.3 Å². The number of rotatable bonds is 3. The summed E-state index contributed by atoms with van der Waals surface area (Å²) in [5.41, 5.74) is -0.845. The van der Waals surface area contributed by atoms with Crippen molar-refractivity contribution in [3.05, 3.63) is 33.8 Å². The lowest BCUT2D eigenvalue weighted by Crippen LogP contribution is -2.33. The number of halogens is 4. The van der Waals surface area contributed by atoms with Gasteiger partial charge < -0.3 is 10.1 Å². The number of hydrogen-bond acceptors (Lipinski definition) is 2. The van der Waals surface area contributed by atoms with Gasteiger partial charge in [0.25, 0.3) is 5.91 Å². The molecule has 0 aliphatic heterocycles. The summed E-state index contributed by atoms with van der Waals surface area (Å²) in [6.07, 6.45) is -2.09. The first-order valence-electron chi connectivity index (χ1n) is 6.51. The molecule has 1 saturated carbocycles. The minimum atomic E-state index is -4.50. The maximum absolute atomic E-state index is 12.8. The minimum absolute atomic E-state index is 0.00592. The van der Waals surface area contributed by atoms with Crippen molar-refractivity contribution in [2.45, 2.75) is 37.6 Å². The number of methoxy groups -OCH3 is 1. The van der Waals surface area contributed by atoms with Crippen LogP contribution in [0, 0.1) is 0 Å². The zero-order valence-electron chi connectivity index (χ0n) is 11.3. The predicted molar refractivity (Wildman–Crippen MR) is 75.0 cm³/mol. The lowest BCUT2D eigenvalue weighted by atomic mass is 10.1. The summed E-state index contributed by atoms with van der Waals surface area (Å²) in [5, 5.41) is 2.76. The molecule has 0 spiro atoms. The van der Waals surface area contributed by atoms with Crippen LogP contribution in [0.5, 0.6) is 0 Å². The molecule has 7 heteroatoms. The van der Waals surface area contributed by atoms with Crippen LogP contribution >= 0.6 is 15.9 Å². The third kappa shape index (κ3) is 3.97. The number of hydrogen-bond donors (Lipinski definition) is 1. The first-order chi connectivity index (χ1) is 9.81. The van der Waals surface area contributed by atoms with Crippen molar-refractivity contribution in [2.24, 2.45) is 0 Å². The van der Waals surface area contributed by atoms with Crippen molar-refractivity contribution in [3.63, 3.8) is 0 Å². The highest BCUT2D eigenvalue weighted by atomic mass is 79.9. The smallest absolute Gasteiger partial charge is 0.381 e. The molecule has 1 aromatic rings. The maximum atomic E-state index is 12.8. The van der Waals surface area contributed by atoms with Crippen LogP contribution in [-0.2, 0) is 10.9 Å². The van der Waals surface area contributed by atoms with E-state index >= 15 is 0 Å². The van der Waals surface area contributed by atoms with Gasteiger partial charge >= 0.3 is 6.18 Å². The highest BCUT2D eigenvalue weighted by Gasteiger charge is 2.34. The molecule has 0 aromatic heterocycles. The van der Waals surface area contributed by atoms with Crippen molar-refractivity contribution in [1.82, 2.24) is 5.32 Å². The minimum Gasteiger partial charge on any atom is -0.381 e. The number of alkyl halides is 3. The quantitative estimate of drug-likeness (QED) is 0.885. The molecule has 3 nitrogen and oxygen atoms in total. The summed E-state index contributed by atoms with van der Waals surface area (Å²) in [5.74, 6) is -0.491. The Morgan fingerprint density at radius 3 is 2.67 bits per heavy atom. The van der Waals surface area contributed by atoms with E-state index in [0.29, 0.717) is 6.42 Å². The van der Waals surface area contributed by atoms with Crippen molar-refractivity contribution in [2.75, 3.05) is 7.11 Å². The first-order valence-corrected chi connectivity index (χ1v) is 7.31. The van der Waals surface area contributed by atoms with E-state index in [1.54, 1.807) is 7.11 Å². The molecule has 21 heavy (non-hydrogen) atoms. The van der Waals surface area contributed by atoms with Crippen LogP contribution < -0.4 is 5.32 Å². The second-order valence-corrected chi connectivity index (χ2v) is 5.89. The largest absolute Gasteiger partial charge is 0.417 e. The third-order valence-corrected chi connectivity index (χ3v) is 4.28. The number of amides is 1. The molecule has 0 saturated heterocycles. The van der Waals surface area contributed by atoms with Gasteiger partial charge in [0.15, 0.2) is 0 Å². The highest BCUT2D eigenvalue weighted by Crippen LogP contribution is 2.35. The molecule has 116 valence electrons. The van der Waals surface area contributed by atoms with Gasteiger partial charge in [-0.3, -0.25) is 4.79 Å². The van der Waals surface area contributed by atoms with Gasteiger partial charge in [-0.2, -0.15) is 13.2 Å². The molecule has 1 N–H and O–H groups in total. The van der Waals surface area contributed by atoms with E-state index in [2.05, 4.69) is 21.2 Å². The van der Waals surface area contributed by atoms with Gasteiger partial charge in [0.05, 0.1) is 11.7 Å². The van der Waals surface area contributed by atoms with Crippen molar-refractivity contribution in [1.29, 1.82) is 0 Å². The van der Waals surface area contributed by atoms with E-state index in [9.17, 15) is 18.0 Å². The third-order valence-electron chi connectivity index (χ3n) is 3.59. The van der Waals surface area contributed by atoms with Crippen molar-refractivity contribution >= 4 is 21.8 Å². The maximum Gasteiger partial charge on any atom is 0.417 e. The van der Waals surface area contributed by atoms with E-state index in [0.717, 1.165) is 18.9 Å². The molecular formula is C14H15BrF3NO2. The van der Waals surface area contributed by atoms with Gasteiger partial charge in [-0.15, -0.1) is 0 Å². The SMILES string of the molecule is COC1CCC(NC(=O)c2ccc(Br)c(C(F)(F)F)c2)C1. The van der Waals surface area contributed by atoms with Gasteiger partial charge in [-0.25, -0.2) is 0 Å². The van der Waals surface area contributed by atoms with E-state index < -0.39 is 17.6 Å². The lowest BCUT2D eigenvalue weighted by molar-refractivity contribution is -0.138. The zero-order valence-corrected chi connectivity index (χ0v) is 12.9. The standard InChI is InChI=1S/C14H15BrF3NO2/c1-21-10-4-3-9(7-10)19-13(20)8-2-5-12(15)11(6-8)14(16,17)18/h2,5-6,9-10H,3-4,7H2,1H3,(H,19,20). The monoisotopic (exact) mass is 365 g/mol. The lowest BCUT2D eigenvalue weighted by Gasteiger charge is -2.15. The Morgan fingerprint density at radius 2 is 2.10 bits per heavy atom. The molecule has 1 aliphatic rings. The summed E-state index contributed by atoms with van der Waals surface area (Å²) >= 11 is 2.85. The van der Waals surface area contributed by atoms with Gasteiger partial charge in [0.1, 0.15) is 0 Å². The van der Waals surface area contributed by atoms with Gasteiger partial charge in [-0.05, 0) is 37.5 Å². The van der Waals surface area contributed by atoms with Crippen LogP contribution in [0.3, 0.4) is 0 Å². The molecule has 1 aromatic carbocycles. The molecule has 1 amide bonds. The Balaban J connectivity index is 2.10. The molecule has 0 heterocycles. The van der Waals surface area contributed by atoms with Crippen LogP contribution in [0.15, 0.2) is 22.7 Å². The summed E-state index contributed by atoms with van der Waals surface area (Å²) in [6, 6.07) is 3.42. The molecule has 1 fully saturated rings. The molecule has 1 aliphatic carbocycles. The van der Waals surface area contributed by atoms with E-state index in [1.165, 1.54) is 12.1 Å². The Hall–Kier alpha value is -1.08. The van der Waals surface area contributed by atoms with Crippen molar-refractivity contribution in [3.8, 4) is 0 Å². The first kappa shape index (κ1) is 16.3. The Morgan fingerprint density at radius 1 is 1.38 bits per heavy atom. The molecule has 2 unspecified atom stereocenters. The van der Waals surface area contributed by atoms with Gasteiger partial charge in [0.2, 0.25) is 0 Å². The summed E-state index contributed by atoms with van der Waals surface area (Å²) in [6.45, 7) is 0. The summed E-state index contributed by atoms with van der Waals surface area (Å²) in [4.78, 5) is 12.1. The number of nitrogens with one attached hydrogen (secondary N) is 1. The molecule has 2 rings (SSSR count). The highest BCUT2D eigenvalue weighted by molar-refractivity contribution is 9.10. The van der Waals surface area contributed by atoms with Gasteiger partial charge in [0, 0.05) is 23.2 Å². The second-order valence-electron chi connectivity index (χ2n) is 5.03. The Labute approximate surface area is 129 Å². The van der Waals surface area contributed by atoms with Crippen LogP contribution in [0.1, 0.15) is 35.2 Å². The van der Waals surface area contributed by atoms with Crippen LogP contribution in [0.2, 0.25) is 0 Å². The van der Waals surface area contributed by atoms with E-state index in [4.69, 9.17) is 4.74 Å². The van der Waals surface area contributed by atoms with Crippen LogP contribution in [0.25, 0.3) is 0 Å². The fraction of sp³-hybridized carbons (Fsp3) is 0.500. The molecule has 0 bridgehead atoms. The van der Waals surface area contributed by atoms with E-state index in [-0.39, 0.29) is 22.2 Å². The van der Waals surface area contributed by atoms with Crippen LogP contribution in [-0.4, -0.2) is 25.2 Å². The summed E-state index contributed by atoms with van der Waals surface area (Å²) < 4.78 is 43.6. The molecule has 2 atom stereocenters. The van der Waals surface area contributed by atoms with Gasteiger partial charge in [-0.1, -0.05) is 15.9 Å². The zero-order chi connectivity index (χ0) is 15.6. The summed E-state index contributed by atoms with van der Waals surface area (Å²) in [7, 11) is 1.61. The fourth-order valence-corrected chi connectivity index (χ4v) is 2.91. The van der Waals surface area contributed by atoms with E-state index in [1.807, 2.05) is 0 Å². The molecule has 0 radical (unpaired) electrons. The Bertz CT molecular complexity index is 533. The second kappa shape index (κ2) is 6.36. The molecular weight excluding hydrogens is 351 g/mol. The number of ether oxygens (including phenoxy) is 1. The average Bonchev–Trinajstić information content (AvgIpc) is 2.85. The number of benzene rings is 1. The van der Waals surface area contributed by atoms with Crippen molar-refractivity contribution < 1.29 is 22.7 Å². The van der Waals surface area contributed by atoms with Crippen LogP contribution in [0.4, 0.5) is 13.2 Å². The fourth-order valence-electron chi connectivity index (χ4n) is 2.44. The average molecular weight is 366 g/mol. The predicted octanol–water partition coefficient (Wildman–Crippen LogP) is 3.77.